The van der Waals surface area contributed by atoms with E-state index in [1.807, 2.05) is 24.3 Å². The highest BCUT2D eigenvalue weighted by molar-refractivity contribution is 9.10. The molecule has 0 atom stereocenters. The van der Waals surface area contributed by atoms with Crippen LogP contribution in [0.15, 0.2) is 51.8 Å². The first-order valence-electron chi connectivity index (χ1n) is 6.07. The van der Waals surface area contributed by atoms with Crippen LogP contribution in [0.1, 0.15) is 5.56 Å². The number of rotatable bonds is 4. The Morgan fingerprint density at radius 2 is 1.90 bits per heavy atom. The van der Waals surface area contributed by atoms with Crippen LogP contribution < -0.4 is 5.73 Å². The van der Waals surface area contributed by atoms with Crippen LogP contribution in [-0.2, 0) is 16.6 Å². The Balaban J connectivity index is 2.30. The summed E-state index contributed by atoms with van der Waals surface area (Å²) in [6.07, 6.45) is 0. The standard InChI is InChI=1S/C14H14BrClN2O2S/c1-18(9-10-4-2-3-5-12(10)15)21(19,20)11-6-7-14(17)13(16)8-11/h2-8H,9,17H2,1H3. The molecule has 0 fully saturated rings. The molecule has 0 aromatic heterocycles. The van der Waals surface area contributed by atoms with Gasteiger partial charge < -0.3 is 5.73 Å². The molecule has 0 spiro atoms. The Morgan fingerprint density at radius 3 is 2.52 bits per heavy atom. The second kappa shape index (κ2) is 6.36. The summed E-state index contributed by atoms with van der Waals surface area (Å²) in [6.45, 7) is 0.256. The van der Waals surface area contributed by atoms with Crippen molar-refractivity contribution in [3.8, 4) is 0 Å². The summed E-state index contributed by atoms with van der Waals surface area (Å²) in [5.74, 6) is 0. The second-order valence-electron chi connectivity index (χ2n) is 4.54. The normalized spacial score (nSPS) is 11.8. The first-order valence-corrected chi connectivity index (χ1v) is 8.68. The van der Waals surface area contributed by atoms with Gasteiger partial charge in [-0.3, -0.25) is 0 Å². The molecule has 0 aliphatic carbocycles. The molecule has 0 unspecified atom stereocenters. The van der Waals surface area contributed by atoms with E-state index in [0.717, 1.165) is 10.0 Å². The summed E-state index contributed by atoms with van der Waals surface area (Å²) in [6, 6.07) is 11.8. The molecule has 2 rings (SSSR count). The van der Waals surface area contributed by atoms with E-state index in [0.29, 0.717) is 5.69 Å². The van der Waals surface area contributed by atoms with Crippen LogP contribution in [0.25, 0.3) is 0 Å². The van der Waals surface area contributed by atoms with Gasteiger partial charge in [-0.15, -0.1) is 0 Å². The molecule has 2 aromatic rings. The van der Waals surface area contributed by atoms with Gasteiger partial charge in [-0.2, -0.15) is 4.31 Å². The van der Waals surface area contributed by atoms with Gasteiger partial charge in [0.15, 0.2) is 0 Å². The summed E-state index contributed by atoms with van der Waals surface area (Å²) in [5.41, 5.74) is 6.84. The van der Waals surface area contributed by atoms with Gasteiger partial charge in [0.1, 0.15) is 0 Å². The molecule has 0 bridgehead atoms. The number of nitrogen functional groups attached to an aromatic ring is 1. The molecule has 0 aliphatic rings. The first kappa shape index (κ1) is 16.3. The Kier molecular flexibility index (Phi) is 4.93. The van der Waals surface area contributed by atoms with Gasteiger partial charge in [-0.05, 0) is 29.8 Å². The van der Waals surface area contributed by atoms with Gasteiger partial charge in [0, 0.05) is 18.1 Å². The van der Waals surface area contributed by atoms with E-state index in [4.69, 9.17) is 17.3 Å². The van der Waals surface area contributed by atoms with E-state index < -0.39 is 10.0 Å². The van der Waals surface area contributed by atoms with E-state index in [-0.39, 0.29) is 16.5 Å². The van der Waals surface area contributed by atoms with Gasteiger partial charge in [0.25, 0.3) is 0 Å². The van der Waals surface area contributed by atoms with Gasteiger partial charge in [-0.1, -0.05) is 45.7 Å². The predicted molar refractivity (Wildman–Crippen MR) is 88.7 cm³/mol. The fraction of sp³-hybridized carbons (Fsp3) is 0.143. The van der Waals surface area contributed by atoms with Crippen molar-refractivity contribution in [2.45, 2.75) is 11.4 Å². The van der Waals surface area contributed by atoms with Gasteiger partial charge >= 0.3 is 0 Å². The Labute approximate surface area is 137 Å². The van der Waals surface area contributed by atoms with Crippen molar-refractivity contribution < 1.29 is 8.42 Å². The highest BCUT2D eigenvalue weighted by atomic mass is 79.9. The highest BCUT2D eigenvalue weighted by Gasteiger charge is 2.22. The number of benzene rings is 2. The summed E-state index contributed by atoms with van der Waals surface area (Å²) in [5, 5.41) is 0.227. The average Bonchev–Trinajstić information content (AvgIpc) is 2.44. The second-order valence-corrected chi connectivity index (χ2v) is 7.84. The van der Waals surface area contributed by atoms with Gasteiger partial charge in [-0.25, -0.2) is 8.42 Å². The van der Waals surface area contributed by atoms with E-state index >= 15 is 0 Å². The van der Waals surface area contributed by atoms with Crippen LogP contribution in [0.5, 0.6) is 0 Å². The maximum atomic E-state index is 12.5. The lowest BCUT2D eigenvalue weighted by Gasteiger charge is -2.18. The quantitative estimate of drug-likeness (QED) is 0.814. The molecule has 112 valence electrons. The molecule has 2 aromatic carbocycles. The molecule has 0 radical (unpaired) electrons. The Bertz CT molecular complexity index is 765. The number of hydrogen-bond acceptors (Lipinski definition) is 3. The molecule has 7 heteroatoms. The van der Waals surface area contributed by atoms with E-state index in [1.54, 1.807) is 0 Å². The van der Waals surface area contributed by atoms with Crippen LogP contribution in [0.4, 0.5) is 5.69 Å². The van der Waals surface area contributed by atoms with Gasteiger partial charge in [0.05, 0.1) is 15.6 Å². The molecule has 0 heterocycles. The van der Waals surface area contributed by atoms with Crippen LogP contribution in [-0.4, -0.2) is 19.8 Å². The molecule has 0 aliphatic heterocycles. The zero-order chi connectivity index (χ0) is 15.6. The first-order chi connectivity index (χ1) is 9.82. The minimum absolute atomic E-state index is 0.122. The third-order valence-corrected chi connectivity index (χ3v) is 5.93. The fourth-order valence-corrected chi connectivity index (χ4v) is 3.63. The number of anilines is 1. The lowest BCUT2D eigenvalue weighted by atomic mass is 10.2. The minimum Gasteiger partial charge on any atom is -0.398 e. The molecule has 2 N–H and O–H groups in total. The third kappa shape index (κ3) is 3.58. The van der Waals surface area contributed by atoms with Gasteiger partial charge in [0.2, 0.25) is 10.0 Å². The van der Waals surface area contributed by atoms with Crippen LogP contribution in [0.3, 0.4) is 0 Å². The fourth-order valence-electron chi connectivity index (χ4n) is 1.80. The number of nitrogens with two attached hydrogens (primary N) is 1. The lowest BCUT2D eigenvalue weighted by Crippen LogP contribution is -2.26. The average molecular weight is 390 g/mol. The minimum atomic E-state index is -3.62. The third-order valence-electron chi connectivity index (χ3n) is 3.03. The summed E-state index contributed by atoms with van der Waals surface area (Å²) in [7, 11) is -2.09. The van der Waals surface area contributed by atoms with E-state index in [2.05, 4.69) is 15.9 Å². The predicted octanol–water partition coefficient (Wildman–Crippen LogP) is 3.51. The van der Waals surface area contributed by atoms with Crippen molar-refractivity contribution in [2.24, 2.45) is 0 Å². The maximum absolute atomic E-state index is 12.5. The zero-order valence-corrected chi connectivity index (χ0v) is 14.4. The Morgan fingerprint density at radius 1 is 1.24 bits per heavy atom. The Hall–Kier alpha value is -1.08. The number of halogens is 2. The SMILES string of the molecule is CN(Cc1ccccc1Br)S(=O)(=O)c1ccc(N)c(Cl)c1. The van der Waals surface area contributed by atoms with Crippen LogP contribution >= 0.6 is 27.5 Å². The van der Waals surface area contributed by atoms with Crippen LogP contribution in [0, 0.1) is 0 Å². The topological polar surface area (TPSA) is 63.4 Å². The van der Waals surface area contributed by atoms with Crippen molar-refractivity contribution in [1.82, 2.24) is 4.31 Å². The van der Waals surface area contributed by atoms with E-state index in [1.165, 1.54) is 29.6 Å². The van der Waals surface area contributed by atoms with Crippen molar-refractivity contribution in [2.75, 3.05) is 12.8 Å². The smallest absolute Gasteiger partial charge is 0.243 e. The molecule has 21 heavy (non-hydrogen) atoms. The largest absolute Gasteiger partial charge is 0.398 e. The summed E-state index contributed by atoms with van der Waals surface area (Å²) in [4.78, 5) is 0.122. The highest BCUT2D eigenvalue weighted by Crippen LogP contribution is 2.26. The number of sulfonamides is 1. The van der Waals surface area contributed by atoms with Crippen molar-refractivity contribution in [3.05, 3.63) is 57.5 Å². The van der Waals surface area contributed by atoms with Crippen LogP contribution in [0.2, 0.25) is 5.02 Å². The number of nitrogens with zero attached hydrogens (tertiary/aromatic N) is 1. The maximum Gasteiger partial charge on any atom is 0.243 e. The van der Waals surface area contributed by atoms with Crippen molar-refractivity contribution in [1.29, 1.82) is 0 Å². The molecular formula is C14H14BrClN2O2S. The summed E-state index contributed by atoms with van der Waals surface area (Å²) < 4.78 is 27.2. The molecule has 0 amide bonds. The number of hydrogen-bond donors (Lipinski definition) is 1. The van der Waals surface area contributed by atoms with E-state index in [9.17, 15) is 8.42 Å². The molecular weight excluding hydrogens is 376 g/mol. The zero-order valence-electron chi connectivity index (χ0n) is 11.3. The summed E-state index contributed by atoms with van der Waals surface area (Å²) >= 11 is 9.30. The molecule has 0 saturated heterocycles. The van der Waals surface area contributed by atoms with Crippen molar-refractivity contribution >= 4 is 43.2 Å². The molecule has 4 nitrogen and oxygen atoms in total. The monoisotopic (exact) mass is 388 g/mol. The molecule has 0 saturated carbocycles. The lowest BCUT2D eigenvalue weighted by molar-refractivity contribution is 0.466. The van der Waals surface area contributed by atoms with Crippen molar-refractivity contribution in [3.63, 3.8) is 0 Å².